The van der Waals surface area contributed by atoms with E-state index in [0.717, 1.165) is 51.7 Å². The number of pyridine rings is 1. The zero-order valence-corrected chi connectivity index (χ0v) is 26.9. The maximum atomic E-state index is 12.7. The van der Waals surface area contributed by atoms with Gasteiger partial charge in [-0.15, -0.1) is 0 Å². The van der Waals surface area contributed by atoms with Crippen molar-refractivity contribution in [3.8, 4) is 22.9 Å². The summed E-state index contributed by atoms with van der Waals surface area (Å²) < 4.78 is 14.0. The van der Waals surface area contributed by atoms with Crippen molar-refractivity contribution in [2.24, 2.45) is 7.05 Å². The molecule has 1 saturated heterocycles. The second-order valence-corrected chi connectivity index (χ2v) is 12.6. The molecule has 1 atom stereocenters. The number of fused-ring (bicyclic) bond motifs is 1. The Labute approximate surface area is 269 Å². The predicted octanol–water partition coefficient (Wildman–Crippen LogP) is 6.95. The van der Waals surface area contributed by atoms with Crippen molar-refractivity contribution in [1.82, 2.24) is 29.6 Å². The maximum Gasteiger partial charge on any atom is 0.410 e. The van der Waals surface area contributed by atoms with E-state index in [1.807, 2.05) is 71.4 Å². The van der Waals surface area contributed by atoms with Crippen LogP contribution in [0, 0.1) is 6.92 Å². The molecule has 6 rings (SSSR count). The van der Waals surface area contributed by atoms with E-state index in [2.05, 4.69) is 50.0 Å². The zero-order chi connectivity index (χ0) is 32.3. The molecule has 238 valence electrons. The van der Waals surface area contributed by atoms with Crippen LogP contribution in [0.5, 0.6) is 11.6 Å². The summed E-state index contributed by atoms with van der Waals surface area (Å²) in [4.78, 5) is 28.3. The van der Waals surface area contributed by atoms with Crippen molar-refractivity contribution in [3.63, 3.8) is 0 Å². The molecule has 1 unspecified atom stereocenters. The molecular weight excluding hydrogens is 580 g/mol. The first kappa shape index (κ1) is 30.8. The van der Waals surface area contributed by atoms with Crippen LogP contribution in [-0.4, -0.2) is 60.5 Å². The van der Waals surface area contributed by atoms with E-state index in [0.29, 0.717) is 37.2 Å². The lowest BCUT2D eigenvalue weighted by atomic mass is 10.0. The quantitative estimate of drug-likeness (QED) is 0.190. The Morgan fingerprint density at radius 1 is 1.04 bits per heavy atom. The number of ether oxygens (including phenoxy) is 2. The van der Waals surface area contributed by atoms with Crippen LogP contribution in [0.2, 0.25) is 0 Å². The molecule has 0 spiro atoms. The van der Waals surface area contributed by atoms with Gasteiger partial charge in [-0.2, -0.15) is 5.10 Å². The summed E-state index contributed by atoms with van der Waals surface area (Å²) in [5.41, 5.74) is 3.98. The number of aryl methyl sites for hydroxylation is 2. The second kappa shape index (κ2) is 13.0. The molecule has 1 fully saturated rings. The van der Waals surface area contributed by atoms with Gasteiger partial charge in [0.1, 0.15) is 11.4 Å². The van der Waals surface area contributed by atoms with Gasteiger partial charge < -0.3 is 25.0 Å². The number of carbonyl (C=O) groups is 1. The molecule has 5 aromatic rings. The molecule has 1 aliphatic heterocycles. The number of hydrogen-bond donors (Lipinski definition) is 2. The molecule has 0 bridgehead atoms. The fourth-order valence-corrected chi connectivity index (χ4v) is 5.60. The smallest absolute Gasteiger partial charge is 0.410 e. The van der Waals surface area contributed by atoms with Gasteiger partial charge in [0.15, 0.2) is 0 Å². The van der Waals surface area contributed by atoms with Crippen molar-refractivity contribution in [3.05, 3.63) is 84.4 Å². The highest BCUT2D eigenvalue weighted by molar-refractivity contribution is 5.98. The lowest BCUT2D eigenvalue weighted by Gasteiger charge is -2.34. The largest absolute Gasteiger partial charge is 0.444 e. The van der Waals surface area contributed by atoms with Gasteiger partial charge in [0, 0.05) is 73.3 Å². The topological polar surface area (TPSA) is 119 Å². The van der Waals surface area contributed by atoms with Gasteiger partial charge in [0.05, 0.1) is 17.5 Å². The van der Waals surface area contributed by atoms with Crippen molar-refractivity contribution >= 4 is 28.5 Å². The maximum absolute atomic E-state index is 12.7. The number of anilines is 2. The molecule has 0 radical (unpaired) electrons. The summed E-state index contributed by atoms with van der Waals surface area (Å²) in [6.45, 7) is 9.50. The molecule has 4 heterocycles. The van der Waals surface area contributed by atoms with Crippen LogP contribution >= 0.6 is 0 Å². The highest BCUT2D eigenvalue weighted by atomic mass is 16.6. The number of piperidine rings is 1. The van der Waals surface area contributed by atoms with Gasteiger partial charge in [-0.05, 0) is 70.4 Å². The number of amides is 1. The van der Waals surface area contributed by atoms with Crippen molar-refractivity contribution in [2.45, 2.75) is 58.7 Å². The van der Waals surface area contributed by atoms with Crippen LogP contribution in [0.3, 0.4) is 0 Å². The number of rotatable bonds is 8. The SMILES string of the molecule is Cc1ccc2c(NCc3cnn(C)c3)cccc2c1Oc1ncccc1-c1ccnc(NC2CCCN(C(=O)OC(C)(C)C)C2)n1. The van der Waals surface area contributed by atoms with E-state index in [-0.39, 0.29) is 12.1 Å². The number of aromatic nitrogens is 5. The molecule has 0 aliphatic carbocycles. The standard InChI is InChI=1S/C35H40N8O3/c1-23-13-14-26-27(10-6-12-29(26)38-19-24-20-39-42(5)21-24)31(23)45-32-28(11-7-16-36-32)30-15-17-37-33(41-30)40-25-9-8-18-43(22-25)34(44)46-35(2,3)4/h6-7,10-17,20-21,25,38H,8-9,18-19,22H2,1-5H3,(H,37,40,41). The summed E-state index contributed by atoms with van der Waals surface area (Å²) in [5.74, 6) is 1.67. The minimum Gasteiger partial charge on any atom is -0.444 e. The predicted molar refractivity (Wildman–Crippen MR) is 179 cm³/mol. The first-order chi connectivity index (χ1) is 22.1. The number of hydrogen-bond acceptors (Lipinski definition) is 9. The molecule has 11 nitrogen and oxygen atoms in total. The fourth-order valence-electron chi connectivity index (χ4n) is 5.60. The average molecular weight is 621 g/mol. The van der Waals surface area contributed by atoms with Crippen LogP contribution < -0.4 is 15.4 Å². The van der Waals surface area contributed by atoms with Gasteiger partial charge in [-0.3, -0.25) is 4.68 Å². The van der Waals surface area contributed by atoms with E-state index >= 15 is 0 Å². The summed E-state index contributed by atoms with van der Waals surface area (Å²) in [7, 11) is 1.91. The third-order valence-corrected chi connectivity index (χ3v) is 7.76. The lowest BCUT2D eigenvalue weighted by molar-refractivity contribution is 0.0206. The van der Waals surface area contributed by atoms with Crippen LogP contribution in [0.4, 0.5) is 16.4 Å². The van der Waals surface area contributed by atoms with Crippen molar-refractivity contribution in [2.75, 3.05) is 23.7 Å². The normalized spacial score (nSPS) is 15.1. The van der Waals surface area contributed by atoms with Crippen LogP contribution in [0.15, 0.2) is 73.3 Å². The van der Waals surface area contributed by atoms with Gasteiger partial charge in [0.25, 0.3) is 0 Å². The number of nitrogens with one attached hydrogen (secondary N) is 2. The minimum atomic E-state index is -0.539. The van der Waals surface area contributed by atoms with Crippen molar-refractivity contribution in [1.29, 1.82) is 0 Å². The first-order valence-electron chi connectivity index (χ1n) is 15.6. The zero-order valence-electron chi connectivity index (χ0n) is 26.9. The van der Waals surface area contributed by atoms with Crippen LogP contribution in [0.1, 0.15) is 44.7 Å². The second-order valence-electron chi connectivity index (χ2n) is 12.6. The van der Waals surface area contributed by atoms with E-state index in [1.165, 1.54) is 0 Å². The van der Waals surface area contributed by atoms with Gasteiger partial charge in [-0.1, -0.05) is 24.3 Å². The molecule has 46 heavy (non-hydrogen) atoms. The van der Waals surface area contributed by atoms with Gasteiger partial charge >= 0.3 is 6.09 Å². The Morgan fingerprint density at radius 3 is 2.72 bits per heavy atom. The van der Waals surface area contributed by atoms with E-state index in [4.69, 9.17) is 14.5 Å². The number of nitrogens with zero attached hydrogens (tertiary/aromatic N) is 6. The highest BCUT2D eigenvalue weighted by Gasteiger charge is 2.28. The van der Waals surface area contributed by atoms with E-state index in [1.54, 1.807) is 22.0 Å². The molecule has 0 saturated carbocycles. The highest BCUT2D eigenvalue weighted by Crippen LogP contribution is 2.38. The Bertz CT molecular complexity index is 1850. The number of benzene rings is 2. The van der Waals surface area contributed by atoms with Crippen LogP contribution in [-0.2, 0) is 18.3 Å². The van der Waals surface area contributed by atoms with Crippen molar-refractivity contribution < 1.29 is 14.3 Å². The third-order valence-electron chi connectivity index (χ3n) is 7.76. The first-order valence-corrected chi connectivity index (χ1v) is 15.6. The molecule has 1 aliphatic rings. The Hall–Kier alpha value is -5.19. The Balaban J connectivity index is 1.22. The lowest BCUT2D eigenvalue weighted by Crippen LogP contribution is -2.47. The third kappa shape index (κ3) is 7.20. The molecule has 2 N–H and O–H groups in total. The Kier molecular flexibility index (Phi) is 8.74. The summed E-state index contributed by atoms with van der Waals surface area (Å²) in [5, 5.41) is 13.3. The fraction of sp³-hybridized carbons (Fsp3) is 0.343. The van der Waals surface area contributed by atoms with E-state index in [9.17, 15) is 4.79 Å². The summed E-state index contributed by atoms with van der Waals surface area (Å²) in [6, 6.07) is 16.0. The van der Waals surface area contributed by atoms with Gasteiger partial charge in [0.2, 0.25) is 11.8 Å². The average Bonchev–Trinajstić information content (AvgIpc) is 3.46. The monoisotopic (exact) mass is 620 g/mol. The molecule has 3 aromatic heterocycles. The van der Waals surface area contributed by atoms with Crippen LogP contribution in [0.25, 0.3) is 22.0 Å². The summed E-state index contributed by atoms with van der Waals surface area (Å²) in [6.07, 6.45) is 8.76. The molecule has 1 amide bonds. The molecule has 2 aromatic carbocycles. The van der Waals surface area contributed by atoms with E-state index < -0.39 is 5.60 Å². The number of carbonyl (C=O) groups excluding carboxylic acids is 1. The summed E-state index contributed by atoms with van der Waals surface area (Å²) >= 11 is 0. The minimum absolute atomic E-state index is 0.000397. The molecule has 11 heteroatoms. The van der Waals surface area contributed by atoms with Gasteiger partial charge in [-0.25, -0.2) is 19.7 Å². The molecular formula is C35H40N8O3. The Morgan fingerprint density at radius 2 is 1.91 bits per heavy atom. The number of likely N-dealkylation sites (tertiary alicyclic amines) is 1.